The third-order valence-electron chi connectivity index (χ3n) is 2.99. The van der Waals surface area contributed by atoms with Gasteiger partial charge in [-0.2, -0.15) is 0 Å². The molecule has 1 aromatic carbocycles. The molecule has 0 saturated carbocycles. The monoisotopic (exact) mass is 299 g/mol. The van der Waals surface area contributed by atoms with Crippen molar-refractivity contribution in [2.75, 3.05) is 13.2 Å². The summed E-state index contributed by atoms with van der Waals surface area (Å²) in [6.07, 6.45) is 1.13. The molecule has 0 bridgehead atoms. The van der Waals surface area contributed by atoms with Gasteiger partial charge in [-0.3, -0.25) is 4.79 Å². The Morgan fingerprint density at radius 3 is 2.75 bits per heavy atom. The first-order valence-electron chi connectivity index (χ1n) is 6.84. The minimum absolute atomic E-state index is 0.165. The zero-order chi connectivity index (χ0) is 15.0. The van der Waals surface area contributed by atoms with Crippen molar-refractivity contribution >= 4 is 17.5 Å². The summed E-state index contributed by atoms with van der Waals surface area (Å²) >= 11 is 5.97. The van der Waals surface area contributed by atoms with E-state index in [0.717, 1.165) is 12.8 Å². The zero-order valence-electron chi connectivity index (χ0n) is 11.9. The van der Waals surface area contributed by atoms with E-state index in [1.807, 2.05) is 19.1 Å². The molecular weight excluding hydrogens is 278 g/mol. The smallest absolute Gasteiger partial charge is 0.260 e. The number of hydrogen-bond donors (Lipinski definition) is 2. The van der Waals surface area contributed by atoms with Gasteiger partial charge in [0.2, 0.25) is 0 Å². The lowest BCUT2D eigenvalue weighted by Gasteiger charge is -2.16. The second kappa shape index (κ2) is 8.82. The molecule has 5 heteroatoms. The molecule has 0 aliphatic heterocycles. The number of benzene rings is 1. The van der Waals surface area contributed by atoms with Crippen LogP contribution in [0.4, 0.5) is 0 Å². The summed E-state index contributed by atoms with van der Waals surface area (Å²) in [5, 5.41) is 12.2. The van der Waals surface area contributed by atoms with Gasteiger partial charge in [0.1, 0.15) is 5.75 Å². The average Bonchev–Trinajstić information content (AvgIpc) is 2.45. The van der Waals surface area contributed by atoms with Gasteiger partial charge in [-0.1, -0.05) is 30.7 Å². The minimum atomic E-state index is -0.592. The van der Waals surface area contributed by atoms with Crippen molar-refractivity contribution in [3.63, 3.8) is 0 Å². The Labute approximate surface area is 125 Å². The standard InChI is InChI=1S/C15H22ClNO3/c1-11(10-18)6-5-9-17-15(19)12(2)20-14-8-4-3-7-13(14)16/h3-4,7-8,11-12,18H,5-6,9-10H2,1-2H3,(H,17,19). The number of carbonyl (C=O) groups excluding carboxylic acids is 1. The lowest BCUT2D eigenvalue weighted by atomic mass is 10.1. The van der Waals surface area contributed by atoms with Crippen molar-refractivity contribution in [1.29, 1.82) is 0 Å². The molecule has 2 unspecified atom stereocenters. The lowest BCUT2D eigenvalue weighted by molar-refractivity contribution is -0.127. The van der Waals surface area contributed by atoms with Gasteiger partial charge in [-0.25, -0.2) is 0 Å². The molecule has 4 nitrogen and oxygen atoms in total. The topological polar surface area (TPSA) is 58.6 Å². The van der Waals surface area contributed by atoms with Crippen molar-refractivity contribution in [2.45, 2.75) is 32.8 Å². The van der Waals surface area contributed by atoms with Crippen molar-refractivity contribution in [3.8, 4) is 5.75 Å². The molecule has 0 radical (unpaired) electrons. The Hall–Kier alpha value is -1.26. The first kappa shape index (κ1) is 16.8. The number of halogens is 1. The molecule has 1 aromatic rings. The van der Waals surface area contributed by atoms with Crippen LogP contribution in [-0.2, 0) is 4.79 Å². The molecular formula is C15H22ClNO3. The van der Waals surface area contributed by atoms with Crippen molar-refractivity contribution < 1.29 is 14.6 Å². The normalized spacial score (nSPS) is 13.6. The Balaban J connectivity index is 2.31. The fraction of sp³-hybridized carbons (Fsp3) is 0.533. The number of aliphatic hydroxyl groups excluding tert-OH is 1. The maximum atomic E-state index is 11.8. The molecule has 2 N–H and O–H groups in total. The number of ether oxygens (including phenoxy) is 1. The van der Waals surface area contributed by atoms with E-state index < -0.39 is 6.10 Å². The number of hydrogen-bond acceptors (Lipinski definition) is 3. The average molecular weight is 300 g/mol. The van der Waals surface area contributed by atoms with Crippen LogP contribution in [0.5, 0.6) is 5.75 Å². The van der Waals surface area contributed by atoms with Gasteiger partial charge in [-0.05, 0) is 37.8 Å². The van der Waals surface area contributed by atoms with E-state index in [1.54, 1.807) is 19.1 Å². The predicted molar refractivity (Wildman–Crippen MR) is 80.0 cm³/mol. The minimum Gasteiger partial charge on any atom is -0.479 e. The van der Waals surface area contributed by atoms with E-state index in [2.05, 4.69) is 5.32 Å². The van der Waals surface area contributed by atoms with Crippen LogP contribution in [0.2, 0.25) is 5.02 Å². The quantitative estimate of drug-likeness (QED) is 0.726. The van der Waals surface area contributed by atoms with Crippen LogP contribution < -0.4 is 10.1 Å². The van der Waals surface area contributed by atoms with Crippen LogP contribution in [-0.4, -0.2) is 30.3 Å². The molecule has 2 atom stereocenters. The summed E-state index contributed by atoms with van der Waals surface area (Å²) in [6.45, 7) is 4.43. The molecule has 0 heterocycles. The number of aliphatic hydroxyl groups is 1. The lowest BCUT2D eigenvalue weighted by Crippen LogP contribution is -2.37. The summed E-state index contributed by atoms with van der Waals surface area (Å²) < 4.78 is 5.52. The first-order chi connectivity index (χ1) is 9.54. The molecule has 1 amide bonds. The molecule has 20 heavy (non-hydrogen) atoms. The third-order valence-corrected chi connectivity index (χ3v) is 3.31. The van der Waals surface area contributed by atoms with Gasteiger partial charge in [0, 0.05) is 13.2 Å². The van der Waals surface area contributed by atoms with Crippen molar-refractivity contribution in [2.24, 2.45) is 5.92 Å². The molecule has 0 fully saturated rings. The summed E-state index contributed by atoms with van der Waals surface area (Å²) in [6, 6.07) is 7.07. The third kappa shape index (κ3) is 5.80. The van der Waals surface area contributed by atoms with Crippen molar-refractivity contribution in [1.82, 2.24) is 5.32 Å². The SMILES string of the molecule is CC(CO)CCCNC(=O)C(C)Oc1ccccc1Cl. The molecule has 1 rings (SSSR count). The maximum absolute atomic E-state index is 11.8. The van der Waals surface area contributed by atoms with Crippen LogP contribution in [0.25, 0.3) is 0 Å². The van der Waals surface area contributed by atoms with Gasteiger partial charge in [0.25, 0.3) is 5.91 Å². The Morgan fingerprint density at radius 2 is 2.10 bits per heavy atom. The van der Waals surface area contributed by atoms with Crippen LogP contribution in [0.3, 0.4) is 0 Å². The van der Waals surface area contributed by atoms with E-state index >= 15 is 0 Å². The van der Waals surface area contributed by atoms with E-state index in [0.29, 0.717) is 17.3 Å². The van der Waals surface area contributed by atoms with Gasteiger partial charge in [0.05, 0.1) is 5.02 Å². The highest BCUT2D eigenvalue weighted by Crippen LogP contribution is 2.24. The summed E-state index contributed by atoms with van der Waals surface area (Å²) in [4.78, 5) is 11.8. The molecule has 0 spiro atoms. The van der Waals surface area contributed by atoms with E-state index in [4.69, 9.17) is 21.4 Å². The van der Waals surface area contributed by atoms with E-state index in [9.17, 15) is 4.79 Å². The highest BCUT2D eigenvalue weighted by atomic mass is 35.5. The molecule has 0 saturated heterocycles. The fourth-order valence-electron chi connectivity index (χ4n) is 1.68. The van der Waals surface area contributed by atoms with Crippen LogP contribution in [0, 0.1) is 5.92 Å². The molecule has 0 aromatic heterocycles. The largest absolute Gasteiger partial charge is 0.479 e. The number of rotatable bonds is 8. The first-order valence-corrected chi connectivity index (χ1v) is 7.22. The molecule has 0 aliphatic rings. The number of amides is 1. The van der Waals surface area contributed by atoms with Gasteiger partial charge in [0.15, 0.2) is 6.10 Å². The Kier molecular flexibility index (Phi) is 7.41. The zero-order valence-corrected chi connectivity index (χ0v) is 12.7. The fourth-order valence-corrected chi connectivity index (χ4v) is 1.86. The number of para-hydroxylation sites is 1. The van der Waals surface area contributed by atoms with Gasteiger partial charge < -0.3 is 15.2 Å². The Morgan fingerprint density at radius 1 is 1.40 bits per heavy atom. The van der Waals surface area contributed by atoms with Crippen LogP contribution >= 0.6 is 11.6 Å². The van der Waals surface area contributed by atoms with Gasteiger partial charge >= 0.3 is 0 Å². The number of carbonyl (C=O) groups is 1. The second-order valence-corrected chi connectivity index (χ2v) is 5.32. The van der Waals surface area contributed by atoms with Crippen LogP contribution in [0.1, 0.15) is 26.7 Å². The van der Waals surface area contributed by atoms with Crippen molar-refractivity contribution in [3.05, 3.63) is 29.3 Å². The highest BCUT2D eigenvalue weighted by molar-refractivity contribution is 6.32. The molecule has 0 aliphatic carbocycles. The second-order valence-electron chi connectivity index (χ2n) is 4.91. The Bertz CT molecular complexity index is 425. The summed E-state index contributed by atoms with van der Waals surface area (Å²) in [7, 11) is 0. The predicted octanol–water partition coefficient (Wildman–Crippen LogP) is 2.63. The summed E-state index contributed by atoms with van der Waals surface area (Å²) in [5.74, 6) is 0.607. The molecule has 112 valence electrons. The maximum Gasteiger partial charge on any atom is 0.260 e. The van der Waals surface area contributed by atoms with E-state index in [1.165, 1.54) is 0 Å². The summed E-state index contributed by atoms with van der Waals surface area (Å²) in [5.41, 5.74) is 0. The van der Waals surface area contributed by atoms with E-state index in [-0.39, 0.29) is 18.4 Å². The highest BCUT2D eigenvalue weighted by Gasteiger charge is 2.15. The van der Waals surface area contributed by atoms with Gasteiger partial charge in [-0.15, -0.1) is 0 Å². The number of nitrogens with one attached hydrogen (secondary N) is 1. The van der Waals surface area contributed by atoms with Crippen LogP contribution in [0.15, 0.2) is 24.3 Å².